The zero-order valence-corrected chi connectivity index (χ0v) is 15.2. The molecule has 0 spiro atoms. The van der Waals surface area contributed by atoms with E-state index in [1.54, 1.807) is 0 Å². The summed E-state index contributed by atoms with van der Waals surface area (Å²) in [6.07, 6.45) is 0. The van der Waals surface area contributed by atoms with Gasteiger partial charge in [0.25, 0.3) is 0 Å². The Labute approximate surface area is 145 Å². The van der Waals surface area contributed by atoms with E-state index in [0.29, 0.717) is 6.04 Å². The zero-order chi connectivity index (χ0) is 17.1. The fraction of sp³-hybridized carbons (Fsp3) is 0.632. The molecule has 1 atom stereocenters. The number of aryl methyl sites for hydroxylation is 1. The van der Waals surface area contributed by atoms with E-state index in [0.717, 1.165) is 45.8 Å². The molecule has 5 heteroatoms. The van der Waals surface area contributed by atoms with Crippen LogP contribution in [-0.2, 0) is 4.79 Å². The number of hydrogen-bond donors (Lipinski definition) is 1. The van der Waals surface area contributed by atoms with Crippen LogP contribution in [0.15, 0.2) is 24.3 Å². The van der Waals surface area contributed by atoms with E-state index in [1.165, 1.54) is 11.3 Å². The topological polar surface area (TPSA) is 38.8 Å². The normalized spacial score (nSPS) is 22.9. The molecule has 2 fully saturated rings. The highest BCUT2D eigenvalue weighted by molar-refractivity contribution is 5.82. The number of carbonyl (C=O) groups excluding carboxylic acids is 1. The molecule has 2 heterocycles. The summed E-state index contributed by atoms with van der Waals surface area (Å²) in [4.78, 5) is 19.6. The van der Waals surface area contributed by atoms with Gasteiger partial charge in [-0.15, -0.1) is 0 Å². The molecule has 2 aliphatic rings. The quantitative estimate of drug-likeness (QED) is 0.907. The van der Waals surface area contributed by atoms with Gasteiger partial charge >= 0.3 is 0 Å². The highest BCUT2D eigenvalue weighted by Gasteiger charge is 2.31. The Morgan fingerprint density at radius 3 is 2.58 bits per heavy atom. The maximum atomic E-state index is 12.8. The molecule has 24 heavy (non-hydrogen) atoms. The predicted molar refractivity (Wildman–Crippen MR) is 98.5 cm³/mol. The fourth-order valence-corrected chi connectivity index (χ4v) is 3.64. The van der Waals surface area contributed by atoms with E-state index in [9.17, 15) is 4.79 Å². The molecule has 1 N–H and O–H groups in total. The lowest BCUT2D eigenvalue weighted by atomic mass is 10.1. The molecule has 3 rings (SSSR count). The fourth-order valence-electron chi connectivity index (χ4n) is 3.64. The lowest BCUT2D eigenvalue weighted by molar-refractivity contribution is -0.135. The number of piperazine rings is 2. The molecular weight excluding hydrogens is 300 g/mol. The highest BCUT2D eigenvalue weighted by atomic mass is 16.2. The maximum Gasteiger partial charge on any atom is 0.241 e. The number of rotatable bonds is 3. The molecule has 5 nitrogen and oxygen atoms in total. The second-order valence-electron chi connectivity index (χ2n) is 7.25. The van der Waals surface area contributed by atoms with Gasteiger partial charge < -0.3 is 15.1 Å². The van der Waals surface area contributed by atoms with Crippen LogP contribution in [0.2, 0.25) is 0 Å². The minimum Gasteiger partial charge on any atom is -0.368 e. The summed E-state index contributed by atoms with van der Waals surface area (Å²) in [6.45, 7) is 12.7. The van der Waals surface area contributed by atoms with E-state index >= 15 is 0 Å². The van der Waals surface area contributed by atoms with Crippen LogP contribution in [0.5, 0.6) is 0 Å². The van der Waals surface area contributed by atoms with Crippen LogP contribution in [0.25, 0.3) is 0 Å². The van der Waals surface area contributed by atoms with Gasteiger partial charge in [-0.05, 0) is 38.5 Å². The number of carbonyl (C=O) groups is 1. The summed E-state index contributed by atoms with van der Waals surface area (Å²) in [5.74, 6) is 0.268. The molecule has 2 aliphatic heterocycles. The molecule has 2 saturated heterocycles. The minimum atomic E-state index is -0.0494. The van der Waals surface area contributed by atoms with Crippen molar-refractivity contribution in [1.29, 1.82) is 0 Å². The van der Waals surface area contributed by atoms with Gasteiger partial charge in [0.2, 0.25) is 5.91 Å². The van der Waals surface area contributed by atoms with Crippen LogP contribution in [0.4, 0.5) is 5.69 Å². The summed E-state index contributed by atoms with van der Waals surface area (Å²) < 4.78 is 0. The molecule has 0 unspecified atom stereocenters. The highest BCUT2D eigenvalue weighted by Crippen LogP contribution is 2.18. The first-order valence-corrected chi connectivity index (χ1v) is 9.12. The number of nitrogens with zero attached hydrogens (tertiary/aromatic N) is 3. The van der Waals surface area contributed by atoms with Gasteiger partial charge in [-0.1, -0.05) is 12.1 Å². The van der Waals surface area contributed by atoms with Crippen LogP contribution in [-0.4, -0.2) is 73.6 Å². The van der Waals surface area contributed by atoms with Crippen LogP contribution in [0.3, 0.4) is 0 Å². The average molecular weight is 330 g/mol. The summed E-state index contributed by atoms with van der Waals surface area (Å²) in [5.41, 5.74) is 2.55. The van der Waals surface area contributed by atoms with Gasteiger partial charge in [0.1, 0.15) is 0 Å². The van der Waals surface area contributed by atoms with Gasteiger partial charge in [-0.3, -0.25) is 9.69 Å². The molecule has 1 aromatic rings. The Kier molecular flexibility index (Phi) is 5.41. The molecule has 0 saturated carbocycles. The second-order valence-corrected chi connectivity index (χ2v) is 7.25. The SMILES string of the molecule is Cc1cccc(N2CCN(C(=O)[C@H]3CN(C(C)C)CCN3)CC2)c1. The first-order valence-electron chi connectivity index (χ1n) is 9.12. The van der Waals surface area contributed by atoms with Gasteiger partial charge in [0.15, 0.2) is 0 Å². The lowest BCUT2D eigenvalue weighted by Crippen LogP contribution is -2.61. The maximum absolute atomic E-state index is 12.8. The van der Waals surface area contributed by atoms with E-state index in [1.807, 2.05) is 4.90 Å². The Morgan fingerprint density at radius 2 is 1.92 bits per heavy atom. The monoisotopic (exact) mass is 330 g/mol. The average Bonchev–Trinajstić information content (AvgIpc) is 2.61. The van der Waals surface area contributed by atoms with Gasteiger partial charge in [-0.2, -0.15) is 0 Å². The molecule has 0 aromatic heterocycles. The number of benzene rings is 1. The standard InChI is InChI=1S/C19H30N4O/c1-15(2)23-8-7-20-18(14-23)19(24)22-11-9-21(10-12-22)17-6-4-5-16(3)13-17/h4-6,13,15,18,20H,7-12,14H2,1-3H3/t18-/m1/s1. The molecule has 1 amide bonds. The Balaban J connectivity index is 1.55. The molecule has 0 radical (unpaired) electrons. The van der Waals surface area contributed by atoms with Crippen molar-refractivity contribution in [3.63, 3.8) is 0 Å². The molecular formula is C19H30N4O. The van der Waals surface area contributed by atoms with Crippen molar-refractivity contribution in [2.24, 2.45) is 0 Å². The Morgan fingerprint density at radius 1 is 1.17 bits per heavy atom. The molecule has 0 bridgehead atoms. The third kappa shape index (κ3) is 3.90. The van der Waals surface area contributed by atoms with Crippen molar-refractivity contribution in [2.45, 2.75) is 32.9 Å². The van der Waals surface area contributed by atoms with Crippen LogP contribution >= 0.6 is 0 Å². The number of amides is 1. The van der Waals surface area contributed by atoms with Crippen molar-refractivity contribution in [3.8, 4) is 0 Å². The van der Waals surface area contributed by atoms with Crippen molar-refractivity contribution in [2.75, 3.05) is 50.7 Å². The largest absolute Gasteiger partial charge is 0.368 e. The van der Waals surface area contributed by atoms with Crippen LogP contribution in [0, 0.1) is 6.92 Å². The van der Waals surface area contributed by atoms with E-state index in [-0.39, 0.29) is 11.9 Å². The molecule has 0 aliphatic carbocycles. The van der Waals surface area contributed by atoms with E-state index in [4.69, 9.17) is 0 Å². The number of anilines is 1. The first kappa shape index (κ1) is 17.2. The van der Waals surface area contributed by atoms with Gasteiger partial charge in [-0.25, -0.2) is 0 Å². The smallest absolute Gasteiger partial charge is 0.241 e. The van der Waals surface area contributed by atoms with E-state index < -0.39 is 0 Å². The first-order chi connectivity index (χ1) is 11.5. The summed E-state index contributed by atoms with van der Waals surface area (Å²) >= 11 is 0. The lowest BCUT2D eigenvalue weighted by Gasteiger charge is -2.41. The van der Waals surface area contributed by atoms with Crippen molar-refractivity contribution in [1.82, 2.24) is 15.1 Å². The van der Waals surface area contributed by atoms with Crippen molar-refractivity contribution < 1.29 is 4.79 Å². The molecule has 1 aromatic carbocycles. The molecule has 132 valence electrons. The summed E-state index contributed by atoms with van der Waals surface area (Å²) in [7, 11) is 0. The van der Waals surface area contributed by atoms with Crippen LogP contribution < -0.4 is 10.2 Å². The predicted octanol–water partition coefficient (Wildman–Crippen LogP) is 1.33. The Bertz CT molecular complexity index is 566. The number of hydrogen-bond acceptors (Lipinski definition) is 4. The summed E-state index contributed by atoms with van der Waals surface area (Å²) in [5, 5.41) is 3.40. The van der Waals surface area contributed by atoms with Crippen molar-refractivity contribution >= 4 is 11.6 Å². The second kappa shape index (κ2) is 7.53. The van der Waals surface area contributed by atoms with E-state index in [2.05, 4.69) is 60.2 Å². The summed E-state index contributed by atoms with van der Waals surface area (Å²) in [6, 6.07) is 9.06. The number of nitrogens with one attached hydrogen (secondary N) is 1. The third-order valence-corrected chi connectivity index (χ3v) is 5.19. The van der Waals surface area contributed by atoms with Gasteiger partial charge in [0.05, 0.1) is 6.04 Å². The van der Waals surface area contributed by atoms with Crippen molar-refractivity contribution in [3.05, 3.63) is 29.8 Å². The van der Waals surface area contributed by atoms with Gasteiger partial charge in [0, 0.05) is 57.5 Å². The minimum absolute atomic E-state index is 0.0494. The third-order valence-electron chi connectivity index (χ3n) is 5.19. The van der Waals surface area contributed by atoms with Crippen LogP contribution in [0.1, 0.15) is 19.4 Å². The zero-order valence-electron chi connectivity index (χ0n) is 15.2. The Hall–Kier alpha value is -1.59.